The van der Waals surface area contributed by atoms with E-state index in [0.29, 0.717) is 6.61 Å². The summed E-state index contributed by atoms with van der Waals surface area (Å²) in [5, 5.41) is 0. The molecule has 4 heteroatoms. The molecule has 0 bridgehead atoms. The molecule has 0 aromatic heterocycles. The summed E-state index contributed by atoms with van der Waals surface area (Å²) in [5.74, 6) is 0.961. The van der Waals surface area contributed by atoms with E-state index in [-0.39, 0.29) is 27.3 Å². The van der Waals surface area contributed by atoms with Crippen molar-refractivity contribution in [2.45, 2.75) is 103 Å². The molecular weight excluding hydrogens is 535 g/mol. The molecule has 1 unspecified atom stereocenters. The van der Waals surface area contributed by atoms with E-state index < -0.39 is 8.32 Å². The van der Waals surface area contributed by atoms with Crippen molar-refractivity contribution in [1.82, 2.24) is 0 Å². The average Bonchev–Trinajstić information content (AvgIpc) is 2.79. The van der Waals surface area contributed by atoms with Crippen molar-refractivity contribution in [3.8, 4) is 5.75 Å². The number of halogens is 1. The van der Waals surface area contributed by atoms with E-state index in [1.807, 2.05) is 0 Å². The number of hydrogen-bond donors (Lipinski definition) is 0. The first kappa shape index (κ1) is 28.4. The molecule has 0 aliphatic heterocycles. The predicted octanol–water partition coefficient (Wildman–Crippen LogP) is 5.72. The Morgan fingerprint density at radius 2 is 1.24 bits per heavy atom. The molecule has 2 aromatic carbocycles. The predicted molar refractivity (Wildman–Crippen MR) is 140 cm³/mol. The molecule has 1 atom stereocenters. The second-order valence-corrected chi connectivity index (χ2v) is 17.5. The van der Waals surface area contributed by atoms with Gasteiger partial charge in [-0.15, -0.1) is 0 Å². The van der Waals surface area contributed by atoms with Gasteiger partial charge < -0.3 is 0 Å². The molecule has 0 spiro atoms. The first-order valence-electron chi connectivity index (χ1n) is 13.1. The van der Waals surface area contributed by atoms with Gasteiger partial charge in [0, 0.05) is 0 Å². The van der Waals surface area contributed by atoms with Gasteiger partial charge >= 0.3 is 171 Å². The van der Waals surface area contributed by atoms with Crippen molar-refractivity contribution in [3.05, 3.63) is 61.7 Å². The zero-order valence-corrected chi connectivity index (χ0v) is 24.6. The third kappa shape index (κ3) is 14.2. The fourth-order valence-electron chi connectivity index (χ4n) is 3.92. The standard InChI is InChI=1S/C29H46IO2Si/c1-5-6-7-8-9-10-11-12-13-17-20-29(32-33(2,3)4)25-31-28-23-21-27(22-24-28)30-26-18-15-14-16-19-26/h14-16,18-19,21-24,29H,5-13,17,20,25H2,1-4H3/q-1. The number of hydrogen-bond acceptors (Lipinski definition) is 2. The van der Waals surface area contributed by atoms with Gasteiger partial charge in [0.1, 0.15) is 0 Å². The van der Waals surface area contributed by atoms with Crippen LogP contribution in [0.5, 0.6) is 5.75 Å². The zero-order valence-electron chi connectivity index (χ0n) is 21.5. The number of ether oxygens (including phenoxy) is 1. The Balaban J connectivity index is 1.68. The van der Waals surface area contributed by atoms with E-state index >= 15 is 0 Å². The maximum absolute atomic E-state index is 6.46. The molecular formula is C29H46IO2Si-. The summed E-state index contributed by atoms with van der Waals surface area (Å²) in [7, 11) is -1.58. The Labute approximate surface area is 215 Å². The number of rotatable bonds is 18. The Hall–Kier alpha value is -0.853. The molecule has 2 rings (SSSR count). The second-order valence-electron chi connectivity index (χ2n) is 9.98. The van der Waals surface area contributed by atoms with Gasteiger partial charge in [0.15, 0.2) is 0 Å². The minimum absolute atomic E-state index is 0.120. The monoisotopic (exact) mass is 581 g/mol. The quantitative estimate of drug-likeness (QED) is 0.127. The molecule has 0 aliphatic rings. The van der Waals surface area contributed by atoms with Crippen LogP contribution in [0.15, 0.2) is 54.6 Å². The third-order valence-electron chi connectivity index (χ3n) is 5.60. The van der Waals surface area contributed by atoms with Crippen LogP contribution in [0.4, 0.5) is 0 Å². The maximum atomic E-state index is 6.46. The molecule has 0 heterocycles. The van der Waals surface area contributed by atoms with Gasteiger partial charge in [-0.3, -0.25) is 0 Å². The molecule has 0 radical (unpaired) electrons. The first-order valence-corrected chi connectivity index (χ1v) is 18.6. The van der Waals surface area contributed by atoms with Crippen LogP contribution in [0.25, 0.3) is 0 Å². The summed E-state index contributed by atoms with van der Waals surface area (Å²) in [4.78, 5) is 0. The summed E-state index contributed by atoms with van der Waals surface area (Å²) >= 11 is -0.120. The average molecular weight is 582 g/mol. The van der Waals surface area contributed by atoms with Crippen LogP contribution in [0.1, 0.15) is 77.6 Å². The minimum atomic E-state index is -1.58. The number of benzene rings is 2. The molecule has 186 valence electrons. The van der Waals surface area contributed by atoms with E-state index in [9.17, 15) is 0 Å². The van der Waals surface area contributed by atoms with Crippen molar-refractivity contribution in [2.24, 2.45) is 0 Å². The van der Waals surface area contributed by atoms with Crippen LogP contribution >= 0.6 is 0 Å². The summed E-state index contributed by atoms with van der Waals surface area (Å²) < 4.78 is 15.5. The summed E-state index contributed by atoms with van der Waals surface area (Å²) in [6.07, 6.45) is 15.0. The molecule has 0 saturated heterocycles. The van der Waals surface area contributed by atoms with Gasteiger partial charge in [-0.2, -0.15) is 0 Å². The molecule has 0 saturated carbocycles. The van der Waals surface area contributed by atoms with E-state index in [1.165, 1.54) is 71.3 Å². The van der Waals surface area contributed by atoms with Gasteiger partial charge in [-0.05, 0) is 0 Å². The first-order chi connectivity index (χ1) is 16.0. The van der Waals surface area contributed by atoms with Crippen LogP contribution in [0, 0.1) is 7.14 Å². The van der Waals surface area contributed by atoms with E-state index in [4.69, 9.17) is 9.16 Å². The van der Waals surface area contributed by atoms with E-state index in [0.717, 1.165) is 12.2 Å². The van der Waals surface area contributed by atoms with Gasteiger partial charge in [0.05, 0.1) is 0 Å². The molecule has 2 aromatic rings. The van der Waals surface area contributed by atoms with Crippen LogP contribution in [0.2, 0.25) is 19.6 Å². The molecule has 0 aliphatic carbocycles. The van der Waals surface area contributed by atoms with Gasteiger partial charge in [0.25, 0.3) is 0 Å². The fraction of sp³-hybridized carbons (Fsp3) is 0.586. The Morgan fingerprint density at radius 3 is 1.82 bits per heavy atom. The van der Waals surface area contributed by atoms with Gasteiger partial charge in [-0.1, -0.05) is 45.4 Å². The van der Waals surface area contributed by atoms with Gasteiger partial charge in [-0.25, -0.2) is 0 Å². The van der Waals surface area contributed by atoms with Crippen molar-refractivity contribution in [3.63, 3.8) is 0 Å². The van der Waals surface area contributed by atoms with Crippen molar-refractivity contribution >= 4 is 8.32 Å². The Bertz CT molecular complexity index is 728. The molecule has 0 amide bonds. The SMILES string of the molecule is CCCCCCCCCCCCC(COc1ccc([I-]c2ccccc2)cc1)O[Si](C)(C)C. The van der Waals surface area contributed by atoms with E-state index in [1.54, 1.807) is 0 Å². The van der Waals surface area contributed by atoms with Crippen molar-refractivity contribution < 1.29 is 30.4 Å². The summed E-state index contributed by atoms with van der Waals surface area (Å²) in [6, 6.07) is 19.5. The number of unbranched alkanes of at least 4 members (excludes halogenated alkanes) is 9. The molecule has 33 heavy (non-hydrogen) atoms. The van der Waals surface area contributed by atoms with Crippen LogP contribution in [-0.2, 0) is 4.43 Å². The fourth-order valence-corrected chi connectivity index (χ4v) is 7.32. The van der Waals surface area contributed by atoms with Crippen molar-refractivity contribution in [1.29, 1.82) is 0 Å². The Morgan fingerprint density at radius 1 is 0.697 bits per heavy atom. The molecule has 2 nitrogen and oxygen atoms in total. The normalized spacial score (nSPS) is 12.7. The molecule has 0 fully saturated rings. The topological polar surface area (TPSA) is 18.5 Å². The van der Waals surface area contributed by atoms with Crippen LogP contribution < -0.4 is 25.9 Å². The molecule has 0 N–H and O–H groups in total. The Kier molecular flexibility index (Phi) is 14.4. The van der Waals surface area contributed by atoms with Crippen molar-refractivity contribution in [2.75, 3.05) is 6.61 Å². The second kappa shape index (κ2) is 16.7. The summed E-state index contributed by atoms with van der Waals surface area (Å²) in [5.41, 5.74) is 0. The van der Waals surface area contributed by atoms with Crippen LogP contribution in [-0.4, -0.2) is 21.0 Å². The van der Waals surface area contributed by atoms with Crippen LogP contribution in [0.3, 0.4) is 0 Å². The zero-order chi connectivity index (χ0) is 23.8. The van der Waals surface area contributed by atoms with E-state index in [2.05, 4.69) is 81.2 Å². The third-order valence-corrected chi connectivity index (χ3v) is 9.33. The van der Waals surface area contributed by atoms with Gasteiger partial charge in [0.2, 0.25) is 0 Å². The summed E-state index contributed by atoms with van der Waals surface area (Å²) in [6.45, 7) is 9.78.